The van der Waals surface area contributed by atoms with Crippen molar-refractivity contribution in [2.75, 3.05) is 5.32 Å². The maximum atomic E-state index is 12.5. The summed E-state index contributed by atoms with van der Waals surface area (Å²) in [5.74, 6) is 0.555. The normalized spacial score (nSPS) is 11.0. The molecule has 29 heavy (non-hydrogen) atoms. The molecule has 0 bridgehead atoms. The maximum Gasteiger partial charge on any atom is 0.270 e. The van der Waals surface area contributed by atoms with Gasteiger partial charge in [0.2, 0.25) is 0 Å². The van der Waals surface area contributed by atoms with Gasteiger partial charge in [0.1, 0.15) is 5.69 Å². The Morgan fingerprint density at radius 2 is 1.62 bits per heavy atom. The second kappa shape index (κ2) is 9.32. The van der Waals surface area contributed by atoms with E-state index >= 15 is 0 Å². The molecule has 0 unspecified atom stereocenters. The Hall–Kier alpha value is -3.21. The van der Waals surface area contributed by atoms with Gasteiger partial charge in [-0.05, 0) is 47.2 Å². The molecular formula is C24H28N4O. The number of hydrogen-bond donors (Lipinski definition) is 2. The molecule has 0 aliphatic carbocycles. The molecule has 0 saturated carbocycles. The van der Waals surface area contributed by atoms with E-state index in [-0.39, 0.29) is 5.91 Å². The summed E-state index contributed by atoms with van der Waals surface area (Å²) in [5.41, 5.74) is 5.66. The zero-order valence-electron chi connectivity index (χ0n) is 17.4. The third-order valence-corrected chi connectivity index (χ3v) is 4.79. The van der Waals surface area contributed by atoms with Crippen LogP contribution in [0.15, 0.2) is 60.9 Å². The number of benzene rings is 1. The number of anilines is 2. The van der Waals surface area contributed by atoms with Gasteiger partial charge in [-0.25, -0.2) is 0 Å². The van der Waals surface area contributed by atoms with Gasteiger partial charge in [-0.3, -0.25) is 14.8 Å². The van der Waals surface area contributed by atoms with Crippen LogP contribution in [0.2, 0.25) is 0 Å². The fourth-order valence-corrected chi connectivity index (χ4v) is 3.24. The predicted molar refractivity (Wildman–Crippen MR) is 118 cm³/mol. The van der Waals surface area contributed by atoms with Crippen molar-refractivity contribution in [3.63, 3.8) is 0 Å². The number of rotatable bonds is 7. The zero-order chi connectivity index (χ0) is 20.8. The standard InChI is InChI=1S/C24H28N4O/c1-16(2)20-9-7-10-21(17(3)4)23(20)28-18-11-13-26-22(14-18)24(29)27-15-19-8-5-6-12-25-19/h5-14,16-17H,15H2,1-4H3,(H,26,28)(H,27,29). The Labute approximate surface area is 172 Å². The number of nitrogens with one attached hydrogen (secondary N) is 2. The van der Waals surface area contributed by atoms with Crippen LogP contribution in [0.25, 0.3) is 0 Å². The van der Waals surface area contributed by atoms with E-state index in [0.717, 1.165) is 17.1 Å². The van der Waals surface area contributed by atoms with Crippen LogP contribution in [0.5, 0.6) is 0 Å². The second-order valence-electron chi connectivity index (χ2n) is 7.68. The smallest absolute Gasteiger partial charge is 0.270 e. The number of aromatic nitrogens is 2. The first-order valence-electron chi connectivity index (χ1n) is 9.99. The lowest BCUT2D eigenvalue weighted by Crippen LogP contribution is -2.24. The van der Waals surface area contributed by atoms with E-state index in [0.29, 0.717) is 24.1 Å². The van der Waals surface area contributed by atoms with Crippen molar-refractivity contribution in [3.05, 3.63) is 83.4 Å². The Morgan fingerprint density at radius 1 is 0.897 bits per heavy atom. The molecule has 0 radical (unpaired) electrons. The summed E-state index contributed by atoms with van der Waals surface area (Å²) < 4.78 is 0. The number of pyridine rings is 2. The van der Waals surface area contributed by atoms with Gasteiger partial charge in [0.05, 0.1) is 12.2 Å². The molecule has 0 saturated heterocycles. The molecule has 0 aliphatic heterocycles. The zero-order valence-corrected chi connectivity index (χ0v) is 17.4. The third kappa shape index (κ3) is 5.19. The van der Waals surface area contributed by atoms with Crippen molar-refractivity contribution in [3.8, 4) is 0 Å². The molecule has 0 fully saturated rings. The van der Waals surface area contributed by atoms with Crippen LogP contribution in [0.3, 0.4) is 0 Å². The molecule has 1 aromatic carbocycles. The van der Waals surface area contributed by atoms with Gasteiger partial charge in [-0.1, -0.05) is 52.0 Å². The largest absolute Gasteiger partial charge is 0.355 e. The van der Waals surface area contributed by atoms with E-state index in [1.807, 2.05) is 24.3 Å². The summed E-state index contributed by atoms with van der Waals surface area (Å²) in [6.45, 7) is 9.12. The molecule has 1 amide bonds. The maximum absolute atomic E-state index is 12.5. The summed E-state index contributed by atoms with van der Waals surface area (Å²) in [4.78, 5) is 21.0. The number of amides is 1. The number of nitrogens with zero attached hydrogens (tertiary/aromatic N) is 2. The number of carbonyl (C=O) groups is 1. The molecule has 0 aliphatic rings. The van der Waals surface area contributed by atoms with E-state index in [2.05, 4.69) is 66.5 Å². The van der Waals surface area contributed by atoms with Crippen LogP contribution >= 0.6 is 0 Å². The summed E-state index contributed by atoms with van der Waals surface area (Å²) in [7, 11) is 0. The molecule has 5 nitrogen and oxygen atoms in total. The van der Waals surface area contributed by atoms with E-state index in [4.69, 9.17) is 0 Å². The van der Waals surface area contributed by atoms with Gasteiger partial charge in [0, 0.05) is 23.8 Å². The first-order valence-corrected chi connectivity index (χ1v) is 9.99. The summed E-state index contributed by atoms with van der Waals surface area (Å²) in [5, 5.41) is 6.41. The van der Waals surface area contributed by atoms with Gasteiger partial charge >= 0.3 is 0 Å². The van der Waals surface area contributed by atoms with E-state index < -0.39 is 0 Å². The molecule has 3 aromatic rings. The molecule has 3 rings (SSSR count). The SMILES string of the molecule is CC(C)c1cccc(C(C)C)c1Nc1ccnc(C(=O)NCc2ccccn2)c1. The summed E-state index contributed by atoms with van der Waals surface area (Å²) in [6.07, 6.45) is 3.37. The monoisotopic (exact) mass is 388 g/mol. The number of para-hydroxylation sites is 1. The van der Waals surface area contributed by atoms with Gasteiger partial charge in [-0.15, -0.1) is 0 Å². The van der Waals surface area contributed by atoms with Crippen LogP contribution in [0, 0.1) is 0 Å². The summed E-state index contributed by atoms with van der Waals surface area (Å²) >= 11 is 0. The second-order valence-corrected chi connectivity index (χ2v) is 7.68. The average molecular weight is 389 g/mol. The molecule has 0 spiro atoms. The molecule has 2 heterocycles. The predicted octanol–water partition coefficient (Wildman–Crippen LogP) is 5.40. The number of hydrogen-bond acceptors (Lipinski definition) is 4. The van der Waals surface area contributed by atoms with Crippen LogP contribution in [0.1, 0.15) is 66.8 Å². The third-order valence-electron chi connectivity index (χ3n) is 4.79. The number of carbonyl (C=O) groups excluding carboxylic acids is 1. The highest BCUT2D eigenvalue weighted by molar-refractivity contribution is 5.93. The van der Waals surface area contributed by atoms with E-state index in [1.54, 1.807) is 18.5 Å². The molecule has 2 N–H and O–H groups in total. The Bertz CT molecular complexity index is 941. The fourth-order valence-electron chi connectivity index (χ4n) is 3.24. The lowest BCUT2D eigenvalue weighted by molar-refractivity contribution is 0.0945. The van der Waals surface area contributed by atoms with Crippen LogP contribution in [-0.4, -0.2) is 15.9 Å². The van der Waals surface area contributed by atoms with Gasteiger partial charge in [-0.2, -0.15) is 0 Å². The van der Waals surface area contributed by atoms with Gasteiger partial charge in [0.15, 0.2) is 0 Å². The average Bonchev–Trinajstić information content (AvgIpc) is 2.72. The van der Waals surface area contributed by atoms with Crippen molar-refractivity contribution in [1.29, 1.82) is 0 Å². The van der Waals surface area contributed by atoms with Crippen molar-refractivity contribution in [1.82, 2.24) is 15.3 Å². The van der Waals surface area contributed by atoms with Gasteiger partial charge in [0.25, 0.3) is 5.91 Å². The first kappa shape index (κ1) is 20.5. The van der Waals surface area contributed by atoms with E-state index in [1.165, 1.54) is 11.1 Å². The fraction of sp³-hybridized carbons (Fsp3) is 0.292. The van der Waals surface area contributed by atoms with E-state index in [9.17, 15) is 4.79 Å². The van der Waals surface area contributed by atoms with Gasteiger partial charge < -0.3 is 10.6 Å². The minimum atomic E-state index is -0.222. The summed E-state index contributed by atoms with van der Waals surface area (Å²) in [6, 6.07) is 15.7. The topological polar surface area (TPSA) is 66.9 Å². The Morgan fingerprint density at radius 3 is 2.24 bits per heavy atom. The highest BCUT2D eigenvalue weighted by Crippen LogP contribution is 2.34. The van der Waals surface area contributed by atoms with Crippen LogP contribution in [-0.2, 0) is 6.54 Å². The molecule has 150 valence electrons. The van der Waals surface area contributed by atoms with Crippen molar-refractivity contribution < 1.29 is 4.79 Å². The molecule has 0 atom stereocenters. The first-order chi connectivity index (χ1) is 14.0. The Balaban J connectivity index is 1.81. The minimum absolute atomic E-state index is 0.222. The molecule has 5 heteroatoms. The van der Waals surface area contributed by atoms with Crippen LogP contribution < -0.4 is 10.6 Å². The highest BCUT2D eigenvalue weighted by atomic mass is 16.1. The van der Waals surface area contributed by atoms with Crippen molar-refractivity contribution >= 4 is 17.3 Å². The minimum Gasteiger partial charge on any atom is -0.355 e. The van der Waals surface area contributed by atoms with Crippen molar-refractivity contribution in [2.24, 2.45) is 0 Å². The van der Waals surface area contributed by atoms with Crippen molar-refractivity contribution in [2.45, 2.75) is 46.1 Å². The van der Waals surface area contributed by atoms with Crippen LogP contribution in [0.4, 0.5) is 11.4 Å². The lowest BCUT2D eigenvalue weighted by Gasteiger charge is -2.21. The molecule has 2 aromatic heterocycles. The Kier molecular flexibility index (Phi) is 6.60. The molecular weight excluding hydrogens is 360 g/mol. The highest BCUT2D eigenvalue weighted by Gasteiger charge is 2.15. The quantitative estimate of drug-likeness (QED) is 0.569. The lowest BCUT2D eigenvalue weighted by atomic mass is 9.92.